The maximum atomic E-state index is 5.74. The molecule has 0 aliphatic heterocycles. The molecular weight excluding hydrogens is 236 g/mol. The number of hydrogen-bond acceptors (Lipinski definition) is 3. The summed E-state index contributed by atoms with van der Waals surface area (Å²) in [5.41, 5.74) is 4.39. The van der Waals surface area contributed by atoms with E-state index in [0.717, 1.165) is 30.4 Å². The molecule has 3 unspecified atom stereocenters. The van der Waals surface area contributed by atoms with Crippen LogP contribution in [0.15, 0.2) is 24.3 Å². The van der Waals surface area contributed by atoms with Gasteiger partial charge in [-0.05, 0) is 55.2 Å². The lowest BCUT2D eigenvalue weighted by Gasteiger charge is -2.22. The highest BCUT2D eigenvalue weighted by Crippen LogP contribution is 2.33. The number of nitrogens with one attached hydrogen (secondary N) is 1. The topological polar surface area (TPSA) is 47.3 Å². The minimum Gasteiger partial charge on any atom is -0.497 e. The average molecular weight is 262 g/mol. The third kappa shape index (κ3) is 3.95. The number of nitrogens with two attached hydrogens (primary N) is 1. The number of hydrogen-bond donors (Lipinski definition) is 2. The summed E-state index contributed by atoms with van der Waals surface area (Å²) in [6.45, 7) is 2.34. The van der Waals surface area contributed by atoms with Crippen molar-refractivity contribution in [1.82, 2.24) is 5.43 Å². The van der Waals surface area contributed by atoms with Crippen LogP contribution in [0.1, 0.15) is 38.2 Å². The van der Waals surface area contributed by atoms with Gasteiger partial charge >= 0.3 is 0 Å². The first kappa shape index (κ1) is 14.4. The molecule has 0 heterocycles. The lowest BCUT2D eigenvalue weighted by Crippen LogP contribution is -2.40. The summed E-state index contributed by atoms with van der Waals surface area (Å²) < 4.78 is 5.18. The normalized spacial score (nSPS) is 24.4. The number of ether oxygens (including phenoxy) is 1. The van der Waals surface area contributed by atoms with Gasteiger partial charge < -0.3 is 4.74 Å². The molecule has 0 saturated heterocycles. The van der Waals surface area contributed by atoms with E-state index in [1.54, 1.807) is 7.11 Å². The van der Waals surface area contributed by atoms with Crippen LogP contribution in [0.4, 0.5) is 0 Å². The van der Waals surface area contributed by atoms with Crippen molar-refractivity contribution >= 4 is 0 Å². The first-order chi connectivity index (χ1) is 9.22. The molecule has 1 aromatic rings. The Labute approximate surface area is 116 Å². The lowest BCUT2D eigenvalue weighted by atomic mass is 9.92. The standard InChI is InChI=1S/C16H26N2O/c1-12-3-7-14(11-12)16(18-17)10-6-13-4-8-15(19-2)9-5-13/h4-5,8-9,12,14,16,18H,3,6-7,10-11,17H2,1-2H3. The molecule has 0 aromatic heterocycles. The Kier molecular flexibility index (Phi) is 5.23. The molecule has 3 heteroatoms. The highest BCUT2D eigenvalue weighted by molar-refractivity contribution is 5.27. The first-order valence-electron chi connectivity index (χ1n) is 7.32. The molecule has 1 aliphatic rings. The molecule has 2 rings (SSSR count). The van der Waals surface area contributed by atoms with Crippen molar-refractivity contribution in [2.24, 2.45) is 17.7 Å². The summed E-state index contributed by atoms with van der Waals surface area (Å²) in [5, 5.41) is 0. The minimum absolute atomic E-state index is 0.451. The Morgan fingerprint density at radius 3 is 2.58 bits per heavy atom. The molecule has 19 heavy (non-hydrogen) atoms. The van der Waals surface area contributed by atoms with E-state index in [0.29, 0.717) is 6.04 Å². The summed E-state index contributed by atoms with van der Waals surface area (Å²) in [6, 6.07) is 8.79. The number of rotatable bonds is 6. The molecule has 0 radical (unpaired) electrons. The number of methoxy groups -OCH3 is 1. The van der Waals surface area contributed by atoms with Crippen LogP contribution in [0.3, 0.4) is 0 Å². The Morgan fingerprint density at radius 2 is 2.05 bits per heavy atom. The van der Waals surface area contributed by atoms with E-state index < -0.39 is 0 Å². The van der Waals surface area contributed by atoms with Gasteiger partial charge in [-0.25, -0.2) is 0 Å². The predicted octanol–water partition coefficient (Wildman–Crippen LogP) is 2.90. The zero-order valence-electron chi connectivity index (χ0n) is 12.1. The second-order valence-corrected chi connectivity index (χ2v) is 5.84. The van der Waals surface area contributed by atoms with Gasteiger partial charge in [-0.3, -0.25) is 11.3 Å². The fraction of sp³-hybridized carbons (Fsp3) is 0.625. The van der Waals surface area contributed by atoms with Crippen molar-refractivity contribution in [1.29, 1.82) is 0 Å². The van der Waals surface area contributed by atoms with Crippen LogP contribution in [-0.4, -0.2) is 13.2 Å². The van der Waals surface area contributed by atoms with Crippen molar-refractivity contribution in [2.75, 3.05) is 7.11 Å². The van der Waals surface area contributed by atoms with Crippen LogP contribution < -0.4 is 16.0 Å². The molecule has 0 spiro atoms. The minimum atomic E-state index is 0.451. The zero-order chi connectivity index (χ0) is 13.7. The van der Waals surface area contributed by atoms with Crippen molar-refractivity contribution in [2.45, 2.75) is 45.1 Å². The van der Waals surface area contributed by atoms with Gasteiger partial charge in [0.05, 0.1) is 7.11 Å². The number of aryl methyl sites for hydroxylation is 1. The second kappa shape index (κ2) is 6.92. The van der Waals surface area contributed by atoms with Crippen LogP contribution in [-0.2, 0) is 6.42 Å². The summed E-state index contributed by atoms with van der Waals surface area (Å²) in [6.07, 6.45) is 6.17. The SMILES string of the molecule is COc1ccc(CCC(NN)C2CCC(C)C2)cc1. The molecule has 1 saturated carbocycles. The smallest absolute Gasteiger partial charge is 0.118 e. The van der Waals surface area contributed by atoms with E-state index >= 15 is 0 Å². The second-order valence-electron chi connectivity index (χ2n) is 5.84. The Hall–Kier alpha value is -1.06. The van der Waals surface area contributed by atoms with Crippen LogP contribution in [0, 0.1) is 11.8 Å². The van der Waals surface area contributed by atoms with Crippen LogP contribution in [0.5, 0.6) is 5.75 Å². The monoisotopic (exact) mass is 262 g/mol. The zero-order valence-corrected chi connectivity index (χ0v) is 12.1. The van der Waals surface area contributed by atoms with Crippen LogP contribution in [0.25, 0.3) is 0 Å². The Balaban J connectivity index is 1.85. The van der Waals surface area contributed by atoms with Crippen LogP contribution in [0.2, 0.25) is 0 Å². The molecule has 106 valence electrons. The molecule has 1 fully saturated rings. The predicted molar refractivity (Wildman–Crippen MR) is 78.9 cm³/mol. The van der Waals surface area contributed by atoms with Gasteiger partial charge in [-0.2, -0.15) is 0 Å². The fourth-order valence-corrected chi connectivity index (χ4v) is 3.19. The maximum absolute atomic E-state index is 5.74. The maximum Gasteiger partial charge on any atom is 0.118 e. The molecule has 1 aromatic carbocycles. The van der Waals surface area contributed by atoms with E-state index in [1.807, 2.05) is 12.1 Å². The van der Waals surface area contributed by atoms with Crippen molar-refractivity contribution < 1.29 is 4.74 Å². The van der Waals surface area contributed by atoms with Crippen molar-refractivity contribution in [3.05, 3.63) is 29.8 Å². The molecule has 0 amide bonds. The van der Waals surface area contributed by atoms with E-state index in [4.69, 9.17) is 10.6 Å². The molecule has 3 atom stereocenters. The third-order valence-corrected chi connectivity index (χ3v) is 4.42. The summed E-state index contributed by atoms with van der Waals surface area (Å²) in [7, 11) is 1.70. The van der Waals surface area contributed by atoms with Crippen molar-refractivity contribution in [3.63, 3.8) is 0 Å². The number of benzene rings is 1. The van der Waals surface area contributed by atoms with Gasteiger partial charge in [0.25, 0.3) is 0 Å². The van der Waals surface area contributed by atoms with E-state index in [2.05, 4.69) is 24.5 Å². The van der Waals surface area contributed by atoms with E-state index in [9.17, 15) is 0 Å². The van der Waals surface area contributed by atoms with Gasteiger partial charge in [0.15, 0.2) is 0 Å². The van der Waals surface area contributed by atoms with Gasteiger partial charge in [-0.1, -0.05) is 25.5 Å². The number of hydrazine groups is 1. The summed E-state index contributed by atoms with van der Waals surface area (Å²) in [4.78, 5) is 0. The van der Waals surface area contributed by atoms with Gasteiger partial charge in [0, 0.05) is 6.04 Å². The Morgan fingerprint density at radius 1 is 1.32 bits per heavy atom. The molecular formula is C16H26N2O. The van der Waals surface area contributed by atoms with Gasteiger partial charge in [0.2, 0.25) is 0 Å². The molecule has 3 N–H and O–H groups in total. The first-order valence-corrected chi connectivity index (χ1v) is 7.32. The lowest BCUT2D eigenvalue weighted by molar-refractivity contribution is 0.337. The average Bonchev–Trinajstić information content (AvgIpc) is 2.87. The highest BCUT2D eigenvalue weighted by atomic mass is 16.5. The van der Waals surface area contributed by atoms with Crippen molar-refractivity contribution in [3.8, 4) is 5.75 Å². The van der Waals surface area contributed by atoms with Crippen LogP contribution >= 0.6 is 0 Å². The molecule has 1 aliphatic carbocycles. The van der Waals surface area contributed by atoms with E-state index in [1.165, 1.54) is 24.8 Å². The largest absolute Gasteiger partial charge is 0.497 e. The third-order valence-electron chi connectivity index (χ3n) is 4.42. The Bertz CT molecular complexity index is 377. The van der Waals surface area contributed by atoms with Gasteiger partial charge in [-0.15, -0.1) is 0 Å². The molecule has 3 nitrogen and oxygen atoms in total. The molecule has 0 bridgehead atoms. The fourth-order valence-electron chi connectivity index (χ4n) is 3.19. The summed E-state index contributed by atoms with van der Waals surface area (Å²) in [5.74, 6) is 8.27. The van der Waals surface area contributed by atoms with Gasteiger partial charge in [0.1, 0.15) is 5.75 Å². The summed E-state index contributed by atoms with van der Waals surface area (Å²) >= 11 is 0. The quantitative estimate of drug-likeness (QED) is 0.612. The van der Waals surface area contributed by atoms with E-state index in [-0.39, 0.29) is 0 Å². The highest BCUT2D eigenvalue weighted by Gasteiger charge is 2.27.